The quantitative estimate of drug-likeness (QED) is 0.284. The topological polar surface area (TPSA) is 102 Å². The van der Waals surface area contributed by atoms with Gasteiger partial charge < -0.3 is 13.7 Å². The van der Waals surface area contributed by atoms with Crippen molar-refractivity contribution in [2.75, 3.05) is 11.4 Å². The maximum atomic E-state index is 13.0. The number of ketones is 1. The second-order valence-corrected chi connectivity index (χ2v) is 8.94. The van der Waals surface area contributed by atoms with Gasteiger partial charge in [0.2, 0.25) is 11.1 Å². The first-order chi connectivity index (χ1) is 16.1. The summed E-state index contributed by atoms with van der Waals surface area (Å²) < 4.78 is 10.4. The van der Waals surface area contributed by atoms with Gasteiger partial charge in [0.25, 0.3) is 0 Å². The van der Waals surface area contributed by atoms with Crippen molar-refractivity contribution in [3.63, 3.8) is 0 Å². The molecule has 1 fully saturated rings. The SMILES string of the molecule is CC(Sc1nnc(-c2ccoc2)c(-c2ccoc2)n1)C(=O)c1ccc(N2CCCC2=O)cc1. The van der Waals surface area contributed by atoms with Crippen molar-refractivity contribution in [1.29, 1.82) is 0 Å². The van der Waals surface area contributed by atoms with Crippen LogP contribution >= 0.6 is 11.8 Å². The van der Waals surface area contributed by atoms with Crippen molar-refractivity contribution in [1.82, 2.24) is 15.2 Å². The number of anilines is 1. The van der Waals surface area contributed by atoms with Crippen molar-refractivity contribution in [2.24, 2.45) is 0 Å². The number of carbonyl (C=O) groups excluding carboxylic acids is 2. The van der Waals surface area contributed by atoms with E-state index in [1.807, 2.05) is 19.1 Å². The van der Waals surface area contributed by atoms with Crippen LogP contribution in [0.1, 0.15) is 30.1 Å². The average molecular weight is 461 g/mol. The summed E-state index contributed by atoms with van der Waals surface area (Å²) in [4.78, 5) is 31.4. The normalized spacial score (nSPS) is 14.6. The van der Waals surface area contributed by atoms with Crippen molar-refractivity contribution >= 4 is 29.1 Å². The van der Waals surface area contributed by atoms with Gasteiger partial charge in [0.05, 0.1) is 30.3 Å². The fourth-order valence-corrected chi connectivity index (χ4v) is 4.52. The van der Waals surface area contributed by atoms with Crippen LogP contribution in [0.15, 0.2) is 75.4 Å². The zero-order chi connectivity index (χ0) is 22.8. The number of aromatic nitrogens is 3. The standard InChI is InChI=1S/C24H20N4O4S/c1-15(23(30)16-4-6-19(7-5-16)28-10-2-3-20(28)29)33-24-25-21(17-8-11-31-13-17)22(26-27-24)18-9-12-32-14-18/h4-9,11-15H,2-3,10H2,1H3. The predicted molar refractivity (Wildman–Crippen MR) is 123 cm³/mol. The van der Waals surface area contributed by atoms with E-state index in [9.17, 15) is 9.59 Å². The van der Waals surface area contributed by atoms with Gasteiger partial charge in [-0.05, 0) is 49.7 Å². The highest BCUT2D eigenvalue weighted by Gasteiger charge is 2.24. The van der Waals surface area contributed by atoms with E-state index in [2.05, 4.69) is 15.2 Å². The van der Waals surface area contributed by atoms with Gasteiger partial charge in [-0.15, -0.1) is 10.2 Å². The van der Waals surface area contributed by atoms with E-state index in [1.54, 1.807) is 54.2 Å². The Morgan fingerprint density at radius 2 is 1.70 bits per heavy atom. The molecular formula is C24H20N4O4S. The second-order valence-electron chi connectivity index (χ2n) is 7.64. The van der Waals surface area contributed by atoms with Crippen LogP contribution in [0.4, 0.5) is 5.69 Å². The van der Waals surface area contributed by atoms with E-state index in [0.717, 1.165) is 29.8 Å². The summed E-state index contributed by atoms with van der Waals surface area (Å²) in [6.45, 7) is 2.53. The minimum atomic E-state index is -0.428. The van der Waals surface area contributed by atoms with Crippen molar-refractivity contribution in [2.45, 2.75) is 30.2 Å². The summed E-state index contributed by atoms with van der Waals surface area (Å²) in [6.07, 6.45) is 7.72. The molecule has 1 atom stereocenters. The maximum Gasteiger partial charge on any atom is 0.227 e. The molecule has 0 bridgehead atoms. The molecule has 0 aliphatic carbocycles. The number of benzene rings is 1. The number of hydrogen-bond acceptors (Lipinski definition) is 8. The van der Waals surface area contributed by atoms with Crippen LogP contribution in [0.25, 0.3) is 22.5 Å². The molecule has 4 heterocycles. The largest absolute Gasteiger partial charge is 0.472 e. The molecule has 1 aliphatic rings. The van der Waals surface area contributed by atoms with E-state index in [0.29, 0.717) is 28.5 Å². The van der Waals surface area contributed by atoms with Gasteiger partial charge in [-0.2, -0.15) is 0 Å². The smallest absolute Gasteiger partial charge is 0.227 e. The Hall–Kier alpha value is -3.72. The van der Waals surface area contributed by atoms with Crippen LogP contribution in [0.5, 0.6) is 0 Å². The number of hydrogen-bond donors (Lipinski definition) is 0. The molecule has 33 heavy (non-hydrogen) atoms. The highest BCUT2D eigenvalue weighted by atomic mass is 32.2. The van der Waals surface area contributed by atoms with E-state index >= 15 is 0 Å². The number of carbonyl (C=O) groups is 2. The lowest BCUT2D eigenvalue weighted by atomic mass is 10.1. The van der Waals surface area contributed by atoms with Crippen LogP contribution in [0.2, 0.25) is 0 Å². The van der Waals surface area contributed by atoms with E-state index in [1.165, 1.54) is 11.8 Å². The zero-order valence-corrected chi connectivity index (χ0v) is 18.6. The van der Waals surface area contributed by atoms with E-state index in [-0.39, 0.29) is 11.7 Å². The third kappa shape index (κ3) is 4.31. The number of Topliss-reactive ketones (excluding diaryl/α,β-unsaturated/α-hetero) is 1. The van der Waals surface area contributed by atoms with Crippen LogP contribution in [-0.2, 0) is 4.79 Å². The van der Waals surface area contributed by atoms with Gasteiger partial charge >= 0.3 is 0 Å². The molecule has 1 aliphatic heterocycles. The molecule has 9 heteroatoms. The highest BCUT2D eigenvalue weighted by molar-refractivity contribution is 8.00. The Kier molecular flexibility index (Phi) is 5.78. The third-order valence-electron chi connectivity index (χ3n) is 5.44. The van der Waals surface area contributed by atoms with Crippen LogP contribution in [-0.4, -0.2) is 38.7 Å². The summed E-state index contributed by atoms with van der Waals surface area (Å²) in [5.74, 6) is 0.0709. The predicted octanol–water partition coefficient (Wildman–Crippen LogP) is 4.88. The molecule has 1 saturated heterocycles. The molecule has 1 aromatic carbocycles. The zero-order valence-electron chi connectivity index (χ0n) is 17.8. The lowest BCUT2D eigenvalue weighted by Gasteiger charge is -2.16. The average Bonchev–Trinajstić information content (AvgIpc) is 3.61. The minimum absolute atomic E-state index is 0.0494. The number of rotatable bonds is 7. The first kappa shape index (κ1) is 21.1. The second kappa shape index (κ2) is 9.03. The minimum Gasteiger partial charge on any atom is -0.472 e. The summed E-state index contributed by atoms with van der Waals surface area (Å²) >= 11 is 1.24. The molecular weight excluding hydrogens is 440 g/mol. The Labute approximate surface area is 194 Å². The fourth-order valence-electron chi connectivity index (χ4n) is 3.73. The Morgan fingerprint density at radius 1 is 1.00 bits per heavy atom. The molecule has 0 radical (unpaired) electrons. The molecule has 0 N–H and O–H groups in total. The lowest BCUT2D eigenvalue weighted by molar-refractivity contribution is -0.117. The van der Waals surface area contributed by atoms with Crippen molar-refractivity contribution < 1.29 is 18.4 Å². The summed E-state index contributed by atoms with van der Waals surface area (Å²) in [5.41, 5.74) is 4.07. The highest BCUT2D eigenvalue weighted by Crippen LogP contribution is 2.32. The molecule has 3 aromatic heterocycles. The van der Waals surface area contributed by atoms with Gasteiger partial charge in [0.1, 0.15) is 11.4 Å². The van der Waals surface area contributed by atoms with E-state index < -0.39 is 5.25 Å². The van der Waals surface area contributed by atoms with Crippen LogP contribution in [0, 0.1) is 0 Å². The Morgan fingerprint density at radius 3 is 2.30 bits per heavy atom. The first-order valence-electron chi connectivity index (χ1n) is 10.5. The molecule has 1 amide bonds. The maximum absolute atomic E-state index is 13.0. The van der Waals surface area contributed by atoms with Gasteiger partial charge in [-0.3, -0.25) is 9.59 Å². The van der Waals surface area contributed by atoms with Crippen LogP contribution < -0.4 is 4.90 Å². The number of furan rings is 2. The summed E-state index contributed by atoms with van der Waals surface area (Å²) in [5, 5.41) is 8.53. The Balaban J connectivity index is 1.35. The monoisotopic (exact) mass is 460 g/mol. The molecule has 0 spiro atoms. The summed E-state index contributed by atoms with van der Waals surface area (Å²) in [6, 6.07) is 10.7. The molecule has 5 rings (SSSR count). The molecule has 8 nitrogen and oxygen atoms in total. The van der Waals surface area contributed by atoms with Crippen molar-refractivity contribution in [3.05, 3.63) is 67.0 Å². The summed E-state index contributed by atoms with van der Waals surface area (Å²) in [7, 11) is 0. The number of nitrogens with zero attached hydrogens (tertiary/aromatic N) is 4. The fraction of sp³-hybridized carbons (Fsp3) is 0.208. The molecule has 0 saturated carbocycles. The number of thioether (sulfide) groups is 1. The molecule has 1 unspecified atom stereocenters. The lowest BCUT2D eigenvalue weighted by Crippen LogP contribution is -2.23. The number of amides is 1. The van der Waals surface area contributed by atoms with E-state index in [4.69, 9.17) is 8.83 Å². The first-order valence-corrected chi connectivity index (χ1v) is 11.4. The van der Waals surface area contributed by atoms with Gasteiger partial charge in [-0.1, -0.05) is 11.8 Å². The Bertz CT molecular complexity index is 1270. The molecule has 4 aromatic rings. The van der Waals surface area contributed by atoms with Crippen molar-refractivity contribution in [3.8, 4) is 22.5 Å². The van der Waals surface area contributed by atoms with Gasteiger partial charge in [-0.25, -0.2) is 4.98 Å². The van der Waals surface area contributed by atoms with Crippen LogP contribution in [0.3, 0.4) is 0 Å². The third-order valence-corrected chi connectivity index (χ3v) is 6.40. The van der Waals surface area contributed by atoms with Gasteiger partial charge in [0.15, 0.2) is 5.78 Å². The molecule has 166 valence electrons. The van der Waals surface area contributed by atoms with Gasteiger partial charge in [0, 0.05) is 35.3 Å².